The van der Waals surface area contributed by atoms with Crippen LogP contribution in [0.15, 0.2) is 36.4 Å². The molecule has 1 aliphatic heterocycles. The predicted octanol–water partition coefficient (Wildman–Crippen LogP) is 4.46. The van der Waals surface area contributed by atoms with Crippen LogP contribution in [-0.2, 0) is 19.3 Å². The molecule has 1 atom stereocenters. The molecular weight excluding hydrogens is 334 g/mol. The van der Waals surface area contributed by atoms with Crippen molar-refractivity contribution in [2.45, 2.75) is 32.2 Å². The normalized spacial score (nSPS) is 16.7. The minimum absolute atomic E-state index is 0. The first kappa shape index (κ1) is 19.6. The highest BCUT2D eigenvalue weighted by molar-refractivity contribution is 5.85. The molecule has 3 nitrogen and oxygen atoms in total. The van der Waals surface area contributed by atoms with Crippen LogP contribution in [0.4, 0.5) is 0 Å². The van der Waals surface area contributed by atoms with E-state index in [1.807, 2.05) is 6.07 Å². The molecule has 1 unspecified atom stereocenters. The maximum Gasteiger partial charge on any atom is 0.160 e. The summed E-state index contributed by atoms with van der Waals surface area (Å²) in [4.78, 5) is 2.48. The molecule has 4 heteroatoms. The van der Waals surface area contributed by atoms with Crippen LogP contribution in [0.2, 0.25) is 0 Å². The minimum Gasteiger partial charge on any atom is -0.493 e. The van der Waals surface area contributed by atoms with Crippen LogP contribution in [-0.4, -0.2) is 32.7 Å². The van der Waals surface area contributed by atoms with Gasteiger partial charge in [0, 0.05) is 12.6 Å². The molecule has 0 radical (unpaired) electrons. The van der Waals surface area contributed by atoms with Gasteiger partial charge in [-0.25, -0.2) is 0 Å². The minimum atomic E-state index is 0. The van der Waals surface area contributed by atoms with E-state index in [9.17, 15) is 0 Å². The Labute approximate surface area is 157 Å². The molecule has 136 valence electrons. The fourth-order valence-corrected chi connectivity index (χ4v) is 3.78. The van der Waals surface area contributed by atoms with Crippen molar-refractivity contribution in [1.29, 1.82) is 0 Å². The zero-order valence-corrected chi connectivity index (χ0v) is 16.4. The van der Waals surface area contributed by atoms with E-state index in [0.717, 1.165) is 37.3 Å². The van der Waals surface area contributed by atoms with Crippen molar-refractivity contribution in [2.24, 2.45) is 0 Å². The third-order valence-electron chi connectivity index (χ3n) is 5.14. The third kappa shape index (κ3) is 3.94. The van der Waals surface area contributed by atoms with Crippen LogP contribution in [0.1, 0.15) is 35.2 Å². The lowest BCUT2D eigenvalue weighted by molar-refractivity contribution is 0.228. The second-order valence-corrected chi connectivity index (χ2v) is 6.48. The molecule has 0 spiro atoms. The van der Waals surface area contributed by atoms with Crippen LogP contribution in [0.3, 0.4) is 0 Å². The molecule has 0 bridgehead atoms. The first-order chi connectivity index (χ1) is 11.7. The number of methoxy groups -OCH3 is 2. The number of fused-ring (bicyclic) bond motifs is 1. The first-order valence-corrected chi connectivity index (χ1v) is 8.69. The Bertz CT molecular complexity index is 703. The Morgan fingerprint density at radius 1 is 1.08 bits per heavy atom. The van der Waals surface area contributed by atoms with Crippen molar-refractivity contribution in [3.05, 3.63) is 58.7 Å². The summed E-state index contributed by atoms with van der Waals surface area (Å²) < 4.78 is 10.8. The summed E-state index contributed by atoms with van der Waals surface area (Å²) >= 11 is 0. The van der Waals surface area contributed by atoms with Gasteiger partial charge >= 0.3 is 0 Å². The van der Waals surface area contributed by atoms with E-state index in [0.29, 0.717) is 6.04 Å². The number of hydrogen-bond acceptors (Lipinski definition) is 3. The molecule has 2 aromatic rings. The highest BCUT2D eigenvalue weighted by atomic mass is 35.5. The highest BCUT2D eigenvalue weighted by Gasteiger charge is 2.27. The van der Waals surface area contributed by atoms with Gasteiger partial charge in [0.1, 0.15) is 0 Å². The van der Waals surface area contributed by atoms with Gasteiger partial charge in [-0.2, -0.15) is 0 Å². The largest absolute Gasteiger partial charge is 0.493 e. The average Bonchev–Trinajstić information content (AvgIpc) is 2.63. The van der Waals surface area contributed by atoms with Crippen molar-refractivity contribution in [3.63, 3.8) is 0 Å². The van der Waals surface area contributed by atoms with Crippen molar-refractivity contribution in [1.82, 2.24) is 4.90 Å². The van der Waals surface area contributed by atoms with Gasteiger partial charge in [-0.15, -0.1) is 12.4 Å². The number of likely N-dealkylation sites (N-methyl/N-ethyl adjacent to an activating group) is 1. The Morgan fingerprint density at radius 2 is 1.84 bits per heavy atom. The van der Waals surface area contributed by atoms with E-state index in [-0.39, 0.29) is 12.4 Å². The fraction of sp³-hybridized carbons (Fsp3) is 0.429. The second kappa shape index (κ2) is 8.59. The van der Waals surface area contributed by atoms with Gasteiger partial charge in [-0.05, 0) is 60.7 Å². The average molecular weight is 362 g/mol. The molecule has 0 aliphatic carbocycles. The summed E-state index contributed by atoms with van der Waals surface area (Å²) in [7, 11) is 5.61. The first-order valence-electron chi connectivity index (χ1n) is 8.69. The summed E-state index contributed by atoms with van der Waals surface area (Å²) in [6.45, 7) is 3.36. The zero-order chi connectivity index (χ0) is 17.1. The van der Waals surface area contributed by atoms with Crippen LogP contribution in [0.5, 0.6) is 11.5 Å². The summed E-state index contributed by atoms with van der Waals surface area (Å²) in [5.41, 5.74) is 5.80. The number of benzene rings is 2. The lowest BCUT2D eigenvalue weighted by atomic mass is 9.85. The Balaban J connectivity index is 0.00000225. The van der Waals surface area contributed by atoms with E-state index in [4.69, 9.17) is 9.47 Å². The summed E-state index contributed by atoms with van der Waals surface area (Å²) in [6.07, 6.45) is 3.21. The van der Waals surface area contributed by atoms with Crippen molar-refractivity contribution in [3.8, 4) is 11.5 Å². The highest BCUT2D eigenvalue weighted by Crippen LogP contribution is 2.36. The van der Waals surface area contributed by atoms with Gasteiger partial charge in [-0.3, -0.25) is 4.90 Å². The number of aryl methyl sites for hydroxylation is 1. The maximum atomic E-state index is 5.47. The standard InChI is InChI=1S/C21H27NO2.ClH/c1-5-16-7-6-8-17-11-12-22(2)18(21(16)17)13-15-9-10-19(23-3)20(14-15)24-4;/h6-10,14,18H,5,11-13H2,1-4H3;1H. The van der Waals surface area contributed by atoms with E-state index in [2.05, 4.69) is 49.2 Å². The van der Waals surface area contributed by atoms with Gasteiger partial charge < -0.3 is 9.47 Å². The van der Waals surface area contributed by atoms with E-state index in [1.54, 1.807) is 14.2 Å². The predicted molar refractivity (Wildman–Crippen MR) is 105 cm³/mol. The quantitative estimate of drug-likeness (QED) is 0.784. The number of hydrogen-bond donors (Lipinski definition) is 0. The van der Waals surface area contributed by atoms with Crippen molar-refractivity contribution < 1.29 is 9.47 Å². The van der Waals surface area contributed by atoms with Gasteiger partial charge in [0.25, 0.3) is 0 Å². The summed E-state index contributed by atoms with van der Waals surface area (Å²) in [5.74, 6) is 1.59. The molecule has 0 saturated heterocycles. The zero-order valence-electron chi connectivity index (χ0n) is 15.5. The monoisotopic (exact) mass is 361 g/mol. The lowest BCUT2D eigenvalue weighted by Gasteiger charge is -2.36. The Morgan fingerprint density at radius 3 is 2.52 bits per heavy atom. The van der Waals surface area contributed by atoms with Gasteiger partial charge in [0.05, 0.1) is 14.2 Å². The van der Waals surface area contributed by atoms with Crippen LogP contribution in [0.25, 0.3) is 0 Å². The number of rotatable bonds is 5. The molecule has 0 N–H and O–H groups in total. The molecule has 0 aromatic heterocycles. The number of nitrogens with zero attached hydrogens (tertiary/aromatic N) is 1. The van der Waals surface area contributed by atoms with Gasteiger partial charge in [-0.1, -0.05) is 31.2 Å². The van der Waals surface area contributed by atoms with Crippen LogP contribution >= 0.6 is 12.4 Å². The molecule has 1 heterocycles. The molecule has 0 saturated carbocycles. The van der Waals surface area contributed by atoms with Gasteiger partial charge in [0.2, 0.25) is 0 Å². The molecule has 25 heavy (non-hydrogen) atoms. The molecule has 3 rings (SSSR count). The third-order valence-corrected chi connectivity index (χ3v) is 5.14. The molecule has 2 aromatic carbocycles. The van der Waals surface area contributed by atoms with Crippen molar-refractivity contribution in [2.75, 3.05) is 27.8 Å². The van der Waals surface area contributed by atoms with E-state index in [1.165, 1.54) is 22.3 Å². The van der Waals surface area contributed by atoms with Gasteiger partial charge in [0.15, 0.2) is 11.5 Å². The van der Waals surface area contributed by atoms with E-state index < -0.39 is 0 Å². The fourth-order valence-electron chi connectivity index (χ4n) is 3.78. The number of ether oxygens (including phenoxy) is 2. The second-order valence-electron chi connectivity index (χ2n) is 6.48. The molecular formula is C21H28ClNO2. The molecule has 1 aliphatic rings. The maximum absolute atomic E-state index is 5.47. The Hall–Kier alpha value is -1.71. The SMILES string of the molecule is CCc1cccc2c1C(Cc1ccc(OC)c(OC)c1)N(C)CC2.Cl. The lowest BCUT2D eigenvalue weighted by Crippen LogP contribution is -2.34. The summed E-state index contributed by atoms with van der Waals surface area (Å²) in [6, 6.07) is 13.5. The smallest absolute Gasteiger partial charge is 0.160 e. The Kier molecular flexibility index (Phi) is 6.74. The molecule has 0 fully saturated rings. The van der Waals surface area contributed by atoms with E-state index >= 15 is 0 Å². The van der Waals surface area contributed by atoms with Crippen LogP contribution in [0, 0.1) is 0 Å². The van der Waals surface area contributed by atoms with Crippen molar-refractivity contribution >= 4 is 12.4 Å². The number of halogens is 1. The van der Waals surface area contributed by atoms with Crippen LogP contribution < -0.4 is 9.47 Å². The molecule has 0 amide bonds. The summed E-state index contributed by atoms with van der Waals surface area (Å²) in [5, 5.41) is 0. The topological polar surface area (TPSA) is 21.7 Å².